The zero-order valence-corrected chi connectivity index (χ0v) is 13.8. The fraction of sp³-hybridized carbons (Fsp3) is 0.529. The summed E-state index contributed by atoms with van der Waals surface area (Å²) in [6.45, 7) is 8.95. The van der Waals surface area contributed by atoms with E-state index in [0.29, 0.717) is 11.8 Å². The van der Waals surface area contributed by atoms with Crippen LogP contribution in [0.3, 0.4) is 0 Å². The van der Waals surface area contributed by atoms with Gasteiger partial charge in [0.15, 0.2) is 0 Å². The lowest BCUT2D eigenvalue weighted by Crippen LogP contribution is -2.47. The molecule has 124 valence electrons. The van der Waals surface area contributed by atoms with E-state index in [1.54, 1.807) is 0 Å². The number of aromatic nitrogens is 2. The Morgan fingerprint density at radius 3 is 2.48 bits per heavy atom. The van der Waals surface area contributed by atoms with Crippen molar-refractivity contribution in [2.75, 3.05) is 39.3 Å². The number of β-amino-alcohol motifs (C(OH)–C–C–N with tert-alkyl or cyclic N) is 1. The molecule has 0 spiro atoms. The van der Waals surface area contributed by atoms with Crippen molar-refractivity contribution in [1.29, 1.82) is 0 Å². The second-order valence-corrected chi connectivity index (χ2v) is 6.09. The van der Waals surface area contributed by atoms with Crippen molar-refractivity contribution < 1.29 is 9.52 Å². The van der Waals surface area contributed by atoms with Crippen molar-refractivity contribution in [2.24, 2.45) is 0 Å². The van der Waals surface area contributed by atoms with Crippen molar-refractivity contribution in [2.45, 2.75) is 19.9 Å². The molecule has 1 fully saturated rings. The maximum Gasteiger partial charge on any atom is 0.247 e. The second kappa shape index (κ2) is 7.21. The highest BCUT2D eigenvalue weighted by Gasteiger charge is 2.25. The summed E-state index contributed by atoms with van der Waals surface area (Å²) in [4.78, 5) is 4.62. The maximum absolute atomic E-state index is 9.01. The first kappa shape index (κ1) is 16.1. The fourth-order valence-corrected chi connectivity index (χ4v) is 2.89. The Morgan fingerprint density at radius 1 is 1.13 bits per heavy atom. The minimum absolute atomic E-state index is 0.109. The number of aryl methyl sites for hydroxylation is 1. The van der Waals surface area contributed by atoms with Crippen LogP contribution in [0.15, 0.2) is 28.7 Å². The van der Waals surface area contributed by atoms with Crippen LogP contribution < -0.4 is 0 Å². The van der Waals surface area contributed by atoms with Gasteiger partial charge in [-0.2, -0.15) is 0 Å². The SMILES string of the molecule is Cc1ccc(-c2nnc(C(C)N3CCN(CCO)CC3)o2)cc1. The van der Waals surface area contributed by atoms with Crippen LogP contribution in [0.5, 0.6) is 0 Å². The van der Waals surface area contributed by atoms with Crippen LogP contribution in [-0.2, 0) is 0 Å². The Labute approximate surface area is 136 Å². The minimum Gasteiger partial charge on any atom is -0.419 e. The molecule has 0 saturated carbocycles. The first-order chi connectivity index (χ1) is 11.2. The lowest BCUT2D eigenvalue weighted by atomic mass is 10.1. The Hall–Kier alpha value is -1.76. The van der Waals surface area contributed by atoms with Crippen LogP contribution in [0.4, 0.5) is 0 Å². The van der Waals surface area contributed by atoms with Gasteiger partial charge in [0.2, 0.25) is 11.8 Å². The first-order valence-electron chi connectivity index (χ1n) is 8.15. The number of benzene rings is 1. The van der Waals surface area contributed by atoms with Crippen molar-refractivity contribution in [3.63, 3.8) is 0 Å². The Balaban J connectivity index is 1.65. The highest BCUT2D eigenvalue weighted by atomic mass is 16.4. The molecule has 6 nitrogen and oxygen atoms in total. The van der Waals surface area contributed by atoms with Gasteiger partial charge in [-0.25, -0.2) is 0 Å². The molecule has 23 heavy (non-hydrogen) atoms. The van der Waals surface area contributed by atoms with Gasteiger partial charge in [0.25, 0.3) is 0 Å². The van der Waals surface area contributed by atoms with Crippen LogP contribution in [0.1, 0.15) is 24.4 Å². The number of aliphatic hydroxyl groups is 1. The van der Waals surface area contributed by atoms with Gasteiger partial charge >= 0.3 is 0 Å². The average Bonchev–Trinajstić information content (AvgIpc) is 3.06. The van der Waals surface area contributed by atoms with Gasteiger partial charge in [-0.1, -0.05) is 17.7 Å². The van der Waals surface area contributed by atoms with Crippen LogP contribution in [0.25, 0.3) is 11.5 Å². The summed E-state index contributed by atoms with van der Waals surface area (Å²) in [5.74, 6) is 1.24. The third kappa shape index (κ3) is 3.77. The highest BCUT2D eigenvalue weighted by molar-refractivity contribution is 5.52. The van der Waals surface area contributed by atoms with Gasteiger partial charge in [-0.05, 0) is 26.0 Å². The summed E-state index contributed by atoms with van der Waals surface area (Å²) >= 11 is 0. The summed E-state index contributed by atoms with van der Waals surface area (Å²) in [5, 5.41) is 17.4. The molecule has 0 radical (unpaired) electrons. The molecule has 0 amide bonds. The molecular formula is C17H24N4O2. The van der Waals surface area contributed by atoms with Crippen molar-refractivity contribution in [3.8, 4) is 11.5 Å². The van der Waals surface area contributed by atoms with Crippen molar-refractivity contribution in [1.82, 2.24) is 20.0 Å². The smallest absolute Gasteiger partial charge is 0.247 e. The third-order valence-electron chi connectivity index (χ3n) is 4.47. The zero-order valence-electron chi connectivity index (χ0n) is 13.8. The summed E-state index contributed by atoms with van der Waals surface area (Å²) in [6.07, 6.45) is 0. The van der Waals surface area contributed by atoms with Gasteiger partial charge in [0.05, 0.1) is 12.6 Å². The van der Waals surface area contributed by atoms with Gasteiger partial charge < -0.3 is 9.52 Å². The predicted molar refractivity (Wildman–Crippen MR) is 88.0 cm³/mol. The number of hydrogen-bond donors (Lipinski definition) is 1. The molecule has 6 heteroatoms. The monoisotopic (exact) mass is 316 g/mol. The van der Waals surface area contributed by atoms with E-state index in [0.717, 1.165) is 38.3 Å². The molecule has 1 N–H and O–H groups in total. The van der Waals surface area contributed by atoms with E-state index in [-0.39, 0.29) is 12.6 Å². The standard InChI is InChI=1S/C17H24N4O2/c1-13-3-5-15(6-4-13)17-19-18-16(23-17)14(2)21-9-7-20(8-10-21)11-12-22/h3-6,14,22H,7-12H2,1-2H3. The molecule has 1 unspecified atom stereocenters. The number of rotatable bonds is 5. The van der Waals surface area contributed by atoms with E-state index >= 15 is 0 Å². The van der Waals surface area contributed by atoms with E-state index in [2.05, 4.69) is 33.8 Å². The normalized spacial score (nSPS) is 18.2. The molecule has 2 aromatic rings. The van der Waals surface area contributed by atoms with E-state index in [9.17, 15) is 0 Å². The number of nitrogens with zero attached hydrogens (tertiary/aromatic N) is 4. The summed E-state index contributed by atoms with van der Waals surface area (Å²) in [6, 6.07) is 8.21. The quantitative estimate of drug-likeness (QED) is 0.906. The molecule has 1 atom stereocenters. The molecule has 2 heterocycles. The van der Waals surface area contributed by atoms with Crippen LogP contribution >= 0.6 is 0 Å². The Kier molecular flexibility index (Phi) is 5.05. The maximum atomic E-state index is 9.01. The lowest BCUT2D eigenvalue weighted by molar-refractivity contribution is 0.0802. The molecule has 0 bridgehead atoms. The van der Waals surface area contributed by atoms with E-state index < -0.39 is 0 Å². The van der Waals surface area contributed by atoms with Crippen molar-refractivity contribution >= 4 is 0 Å². The average molecular weight is 316 g/mol. The number of hydrogen-bond acceptors (Lipinski definition) is 6. The lowest BCUT2D eigenvalue weighted by Gasteiger charge is -2.36. The molecule has 1 aliphatic rings. The number of piperazine rings is 1. The summed E-state index contributed by atoms with van der Waals surface area (Å²) in [5.41, 5.74) is 2.16. The second-order valence-electron chi connectivity index (χ2n) is 6.09. The molecule has 1 aliphatic heterocycles. The third-order valence-corrected chi connectivity index (χ3v) is 4.47. The molecule has 1 aromatic carbocycles. The van der Waals surface area contributed by atoms with Crippen LogP contribution in [0, 0.1) is 6.92 Å². The Bertz CT molecular complexity index is 618. The summed E-state index contributed by atoms with van der Waals surface area (Å²) < 4.78 is 5.88. The molecule has 3 rings (SSSR count). The van der Waals surface area contributed by atoms with Crippen molar-refractivity contribution in [3.05, 3.63) is 35.7 Å². The van der Waals surface area contributed by atoms with Gasteiger partial charge in [-0.15, -0.1) is 10.2 Å². The van der Waals surface area contributed by atoms with E-state index in [1.807, 2.05) is 24.3 Å². The van der Waals surface area contributed by atoms with Gasteiger partial charge in [0.1, 0.15) is 0 Å². The van der Waals surface area contributed by atoms with Gasteiger partial charge in [0, 0.05) is 38.3 Å². The number of aliphatic hydroxyl groups excluding tert-OH is 1. The summed E-state index contributed by atoms with van der Waals surface area (Å²) in [7, 11) is 0. The van der Waals surface area contributed by atoms with E-state index in [4.69, 9.17) is 9.52 Å². The molecule has 1 aromatic heterocycles. The largest absolute Gasteiger partial charge is 0.419 e. The van der Waals surface area contributed by atoms with Gasteiger partial charge in [-0.3, -0.25) is 9.80 Å². The van der Waals surface area contributed by atoms with Crippen LogP contribution in [0.2, 0.25) is 0 Å². The topological polar surface area (TPSA) is 65.6 Å². The molecule has 0 aliphatic carbocycles. The molecule has 1 saturated heterocycles. The Morgan fingerprint density at radius 2 is 1.83 bits per heavy atom. The van der Waals surface area contributed by atoms with Crippen LogP contribution in [-0.4, -0.2) is 64.4 Å². The minimum atomic E-state index is 0.109. The zero-order chi connectivity index (χ0) is 16.2. The van der Waals surface area contributed by atoms with E-state index in [1.165, 1.54) is 5.56 Å². The highest BCUT2D eigenvalue weighted by Crippen LogP contribution is 2.24. The molecular weight excluding hydrogens is 292 g/mol. The fourth-order valence-electron chi connectivity index (χ4n) is 2.89. The first-order valence-corrected chi connectivity index (χ1v) is 8.15. The predicted octanol–water partition coefficient (Wildman–Crippen LogP) is 1.72.